The second kappa shape index (κ2) is 7.55. The number of benzene rings is 2. The zero-order chi connectivity index (χ0) is 15.1. The lowest BCUT2D eigenvalue weighted by atomic mass is 10.2. The van der Waals surface area contributed by atoms with Crippen molar-refractivity contribution in [1.82, 2.24) is 0 Å². The molecule has 0 aliphatic heterocycles. The normalized spacial score (nSPS) is 10.0. The molecule has 0 aromatic heterocycles. The lowest BCUT2D eigenvalue weighted by Crippen LogP contribution is -2.13. The number of carbonyl (C=O) groups is 1. The SMILES string of the molecule is CCOC(=O)Nc1ccc(OCc2ccc(Cl)cc2)cc1. The number of hydrogen-bond donors (Lipinski definition) is 1. The third-order valence-corrected chi connectivity index (χ3v) is 2.95. The van der Waals surface area contributed by atoms with Crippen LogP contribution in [0.3, 0.4) is 0 Å². The molecule has 0 aliphatic carbocycles. The molecule has 110 valence electrons. The van der Waals surface area contributed by atoms with Crippen molar-refractivity contribution in [3.63, 3.8) is 0 Å². The van der Waals surface area contributed by atoms with E-state index in [-0.39, 0.29) is 0 Å². The highest BCUT2D eigenvalue weighted by Gasteiger charge is 2.02. The summed E-state index contributed by atoms with van der Waals surface area (Å²) in [4.78, 5) is 11.3. The topological polar surface area (TPSA) is 47.6 Å². The second-order valence-electron chi connectivity index (χ2n) is 4.28. The molecular formula is C16H16ClNO3. The highest BCUT2D eigenvalue weighted by Crippen LogP contribution is 2.18. The van der Waals surface area contributed by atoms with Crippen LogP contribution < -0.4 is 10.1 Å². The molecule has 0 saturated carbocycles. The Bertz CT molecular complexity index is 581. The van der Waals surface area contributed by atoms with Crippen LogP contribution in [0.25, 0.3) is 0 Å². The molecule has 2 aromatic carbocycles. The maximum Gasteiger partial charge on any atom is 0.411 e. The van der Waals surface area contributed by atoms with Gasteiger partial charge in [0.25, 0.3) is 0 Å². The molecule has 0 heterocycles. The van der Waals surface area contributed by atoms with E-state index in [1.807, 2.05) is 24.3 Å². The standard InChI is InChI=1S/C16H16ClNO3/c1-2-20-16(19)18-14-7-9-15(10-8-14)21-11-12-3-5-13(17)6-4-12/h3-10H,2,11H2,1H3,(H,18,19). The predicted octanol–water partition coefficient (Wildman–Crippen LogP) is 4.49. The molecule has 0 unspecified atom stereocenters. The van der Waals surface area contributed by atoms with Gasteiger partial charge >= 0.3 is 6.09 Å². The number of hydrogen-bond acceptors (Lipinski definition) is 3. The van der Waals surface area contributed by atoms with Crippen LogP contribution in [0.2, 0.25) is 5.02 Å². The molecule has 21 heavy (non-hydrogen) atoms. The van der Waals surface area contributed by atoms with Crippen molar-refractivity contribution in [3.05, 3.63) is 59.1 Å². The molecule has 0 bridgehead atoms. The molecule has 0 fully saturated rings. The monoisotopic (exact) mass is 305 g/mol. The van der Waals surface area contributed by atoms with E-state index in [0.717, 1.165) is 11.3 Å². The Hall–Kier alpha value is -2.20. The van der Waals surface area contributed by atoms with Crippen molar-refractivity contribution in [3.8, 4) is 5.75 Å². The lowest BCUT2D eigenvalue weighted by molar-refractivity contribution is 0.168. The number of amides is 1. The Kier molecular flexibility index (Phi) is 5.46. The number of anilines is 1. The summed E-state index contributed by atoms with van der Waals surface area (Å²) in [5.74, 6) is 0.722. The van der Waals surface area contributed by atoms with E-state index in [1.165, 1.54) is 0 Å². The summed E-state index contributed by atoms with van der Waals surface area (Å²) in [7, 11) is 0. The van der Waals surface area contributed by atoms with Crippen molar-refractivity contribution in [2.45, 2.75) is 13.5 Å². The summed E-state index contributed by atoms with van der Waals surface area (Å²) in [5, 5.41) is 3.32. The van der Waals surface area contributed by atoms with E-state index in [9.17, 15) is 4.79 Å². The van der Waals surface area contributed by atoms with Crippen LogP contribution in [0.15, 0.2) is 48.5 Å². The van der Waals surface area contributed by atoms with Crippen molar-refractivity contribution >= 4 is 23.4 Å². The Morgan fingerprint density at radius 1 is 1.10 bits per heavy atom. The first-order chi connectivity index (χ1) is 10.2. The molecule has 2 rings (SSSR count). The molecule has 5 heteroatoms. The smallest absolute Gasteiger partial charge is 0.411 e. The Morgan fingerprint density at radius 2 is 1.76 bits per heavy atom. The highest BCUT2D eigenvalue weighted by atomic mass is 35.5. The number of halogens is 1. The molecule has 2 aromatic rings. The van der Waals surface area contributed by atoms with Gasteiger partial charge in [0.1, 0.15) is 12.4 Å². The maximum absolute atomic E-state index is 11.3. The minimum atomic E-state index is -0.465. The van der Waals surface area contributed by atoms with Crippen molar-refractivity contribution in [2.75, 3.05) is 11.9 Å². The molecule has 0 aliphatic rings. The first kappa shape index (κ1) is 15.2. The average Bonchev–Trinajstić information content (AvgIpc) is 2.48. The summed E-state index contributed by atoms with van der Waals surface area (Å²) in [5.41, 5.74) is 1.69. The van der Waals surface area contributed by atoms with Crippen molar-refractivity contribution < 1.29 is 14.3 Å². The first-order valence-electron chi connectivity index (χ1n) is 6.58. The first-order valence-corrected chi connectivity index (χ1v) is 6.96. The van der Waals surface area contributed by atoms with Gasteiger partial charge in [0.15, 0.2) is 0 Å². The van der Waals surface area contributed by atoms with Gasteiger partial charge in [-0.15, -0.1) is 0 Å². The number of rotatable bonds is 5. The zero-order valence-electron chi connectivity index (χ0n) is 11.6. The number of ether oxygens (including phenoxy) is 2. The quantitative estimate of drug-likeness (QED) is 0.885. The summed E-state index contributed by atoms with van der Waals surface area (Å²) >= 11 is 5.82. The fraction of sp³-hybridized carbons (Fsp3) is 0.188. The van der Waals surface area contributed by atoms with E-state index < -0.39 is 6.09 Å². The van der Waals surface area contributed by atoms with Crippen LogP contribution in [-0.2, 0) is 11.3 Å². The van der Waals surface area contributed by atoms with Crippen LogP contribution in [0.5, 0.6) is 5.75 Å². The Morgan fingerprint density at radius 3 is 2.38 bits per heavy atom. The van der Waals surface area contributed by atoms with Crippen LogP contribution in [0.4, 0.5) is 10.5 Å². The van der Waals surface area contributed by atoms with E-state index in [2.05, 4.69) is 5.32 Å². The van der Waals surface area contributed by atoms with Crippen molar-refractivity contribution in [2.24, 2.45) is 0 Å². The van der Waals surface area contributed by atoms with Gasteiger partial charge in [-0.3, -0.25) is 5.32 Å². The molecular weight excluding hydrogens is 290 g/mol. The minimum Gasteiger partial charge on any atom is -0.489 e. The third-order valence-electron chi connectivity index (χ3n) is 2.69. The fourth-order valence-corrected chi connectivity index (χ4v) is 1.79. The third kappa shape index (κ3) is 5.00. The highest BCUT2D eigenvalue weighted by molar-refractivity contribution is 6.30. The van der Waals surface area contributed by atoms with E-state index in [4.69, 9.17) is 21.1 Å². The van der Waals surface area contributed by atoms with Gasteiger partial charge in [0.05, 0.1) is 6.61 Å². The summed E-state index contributed by atoms with van der Waals surface area (Å²) < 4.78 is 10.5. The van der Waals surface area contributed by atoms with Crippen LogP contribution >= 0.6 is 11.6 Å². The van der Waals surface area contributed by atoms with E-state index in [1.54, 1.807) is 31.2 Å². The molecule has 1 N–H and O–H groups in total. The van der Waals surface area contributed by atoms with Gasteiger partial charge in [-0.05, 0) is 48.9 Å². The predicted molar refractivity (Wildman–Crippen MR) is 82.9 cm³/mol. The minimum absolute atomic E-state index is 0.341. The molecule has 0 radical (unpaired) electrons. The van der Waals surface area contributed by atoms with Gasteiger partial charge in [-0.1, -0.05) is 23.7 Å². The van der Waals surface area contributed by atoms with E-state index in [0.29, 0.717) is 23.9 Å². The zero-order valence-corrected chi connectivity index (χ0v) is 12.4. The van der Waals surface area contributed by atoms with Crippen LogP contribution in [0.1, 0.15) is 12.5 Å². The van der Waals surface area contributed by atoms with E-state index >= 15 is 0 Å². The second-order valence-corrected chi connectivity index (χ2v) is 4.72. The van der Waals surface area contributed by atoms with Gasteiger partial charge in [-0.25, -0.2) is 4.79 Å². The molecule has 0 spiro atoms. The summed E-state index contributed by atoms with van der Waals surface area (Å²) in [6.07, 6.45) is -0.465. The van der Waals surface area contributed by atoms with Crippen LogP contribution in [-0.4, -0.2) is 12.7 Å². The van der Waals surface area contributed by atoms with Gasteiger partial charge in [0, 0.05) is 10.7 Å². The molecule has 4 nitrogen and oxygen atoms in total. The molecule has 1 amide bonds. The summed E-state index contributed by atoms with van der Waals surface area (Å²) in [6, 6.07) is 14.6. The van der Waals surface area contributed by atoms with Gasteiger partial charge in [-0.2, -0.15) is 0 Å². The maximum atomic E-state index is 11.3. The average molecular weight is 306 g/mol. The number of carbonyl (C=O) groups excluding carboxylic acids is 1. The number of nitrogens with one attached hydrogen (secondary N) is 1. The van der Waals surface area contributed by atoms with Crippen LogP contribution in [0, 0.1) is 0 Å². The largest absolute Gasteiger partial charge is 0.489 e. The molecule has 0 atom stereocenters. The molecule has 0 saturated heterocycles. The summed E-state index contributed by atoms with van der Waals surface area (Å²) in [6.45, 7) is 2.56. The fourth-order valence-electron chi connectivity index (χ4n) is 1.67. The Balaban J connectivity index is 1.87. The van der Waals surface area contributed by atoms with Gasteiger partial charge in [0.2, 0.25) is 0 Å². The van der Waals surface area contributed by atoms with Gasteiger partial charge < -0.3 is 9.47 Å². The Labute approximate surface area is 128 Å². The lowest BCUT2D eigenvalue weighted by Gasteiger charge is -2.08. The van der Waals surface area contributed by atoms with Crippen molar-refractivity contribution in [1.29, 1.82) is 0 Å².